The Morgan fingerprint density at radius 1 is 1.15 bits per heavy atom. The first-order valence-corrected chi connectivity index (χ1v) is 8.71. The third kappa shape index (κ3) is 4.11. The molecular formula is C21H23N3O3. The number of aromatic nitrogens is 2. The molecule has 0 radical (unpaired) electrons. The highest BCUT2D eigenvalue weighted by Gasteiger charge is 2.14. The first-order valence-electron chi connectivity index (χ1n) is 8.71. The zero-order valence-corrected chi connectivity index (χ0v) is 15.9. The smallest absolute Gasteiger partial charge is 0.338 e. The summed E-state index contributed by atoms with van der Waals surface area (Å²) < 4.78 is 11.9. The standard InChI is InChI=1S/C21H23N3O3/c1-14(2)22-20-18(10-7-15-5-8-17(26-3)9-6-15)23-19-13-16(21(25)27-4)11-12-24(19)20/h5-14,22H,1-4H3/b10-7+. The van der Waals surface area contributed by atoms with Gasteiger partial charge < -0.3 is 14.8 Å². The van der Waals surface area contributed by atoms with Gasteiger partial charge in [-0.3, -0.25) is 4.40 Å². The van der Waals surface area contributed by atoms with Crippen LogP contribution < -0.4 is 10.1 Å². The minimum atomic E-state index is -0.380. The maximum absolute atomic E-state index is 11.8. The van der Waals surface area contributed by atoms with Crippen molar-refractivity contribution in [3.05, 3.63) is 59.4 Å². The van der Waals surface area contributed by atoms with Gasteiger partial charge in [-0.2, -0.15) is 0 Å². The van der Waals surface area contributed by atoms with Crippen molar-refractivity contribution < 1.29 is 14.3 Å². The molecule has 0 saturated heterocycles. The fraction of sp³-hybridized carbons (Fsp3) is 0.238. The molecule has 0 bridgehead atoms. The summed E-state index contributed by atoms with van der Waals surface area (Å²) in [6.45, 7) is 4.14. The second-order valence-corrected chi connectivity index (χ2v) is 6.39. The quantitative estimate of drug-likeness (QED) is 0.666. The molecule has 0 unspecified atom stereocenters. The molecule has 0 aliphatic rings. The van der Waals surface area contributed by atoms with Crippen molar-refractivity contribution in [1.82, 2.24) is 9.38 Å². The van der Waals surface area contributed by atoms with Crippen LogP contribution in [-0.2, 0) is 4.74 Å². The van der Waals surface area contributed by atoms with Gasteiger partial charge in [0.25, 0.3) is 0 Å². The van der Waals surface area contributed by atoms with Crippen molar-refractivity contribution in [2.24, 2.45) is 0 Å². The fourth-order valence-corrected chi connectivity index (χ4v) is 2.73. The third-order valence-corrected chi connectivity index (χ3v) is 4.05. The first kappa shape index (κ1) is 18.5. The van der Waals surface area contributed by atoms with Crippen LogP contribution in [0, 0.1) is 0 Å². The number of methoxy groups -OCH3 is 2. The van der Waals surface area contributed by atoms with Crippen LogP contribution in [-0.4, -0.2) is 35.6 Å². The van der Waals surface area contributed by atoms with Crippen LogP contribution in [0.15, 0.2) is 42.6 Å². The number of carbonyl (C=O) groups is 1. The van der Waals surface area contributed by atoms with E-state index in [1.54, 1.807) is 19.2 Å². The van der Waals surface area contributed by atoms with E-state index >= 15 is 0 Å². The molecule has 3 rings (SSSR count). The normalized spacial score (nSPS) is 11.3. The molecule has 0 aliphatic heterocycles. The number of nitrogens with zero attached hydrogens (tertiary/aromatic N) is 2. The number of anilines is 1. The van der Waals surface area contributed by atoms with Gasteiger partial charge in [0.15, 0.2) is 0 Å². The average molecular weight is 365 g/mol. The van der Waals surface area contributed by atoms with Crippen LogP contribution in [0.1, 0.15) is 35.5 Å². The van der Waals surface area contributed by atoms with Crippen molar-refractivity contribution in [2.45, 2.75) is 19.9 Å². The maximum Gasteiger partial charge on any atom is 0.338 e. The Hall–Kier alpha value is -3.28. The van der Waals surface area contributed by atoms with Crippen LogP contribution in [0.4, 0.5) is 5.82 Å². The molecule has 6 nitrogen and oxygen atoms in total. The molecule has 2 aromatic heterocycles. The van der Waals surface area contributed by atoms with Crippen LogP contribution in [0.3, 0.4) is 0 Å². The molecule has 0 amide bonds. The van der Waals surface area contributed by atoms with Crippen molar-refractivity contribution in [3.63, 3.8) is 0 Å². The Morgan fingerprint density at radius 3 is 2.52 bits per heavy atom. The van der Waals surface area contributed by atoms with E-state index < -0.39 is 0 Å². The maximum atomic E-state index is 11.8. The number of esters is 1. The lowest BCUT2D eigenvalue weighted by Crippen LogP contribution is -2.12. The van der Waals surface area contributed by atoms with Crippen molar-refractivity contribution >= 4 is 29.6 Å². The monoisotopic (exact) mass is 365 g/mol. The van der Waals surface area contributed by atoms with E-state index in [-0.39, 0.29) is 12.0 Å². The van der Waals surface area contributed by atoms with Gasteiger partial charge in [-0.05, 0) is 49.8 Å². The Morgan fingerprint density at radius 2 is 1.89 bits per heavy atom. The first-order chi connectivity index (χ1) is 13.0. The zero-order valence-electron chi connectivity index (χ0n) is 15.9. The summed E-state index contributed by atoms with van der Waals surface area (Å²) in [4.78, 5) is 16.5. The van der Waals surface area contributed by atoms with Crippen LogP contribution >= 0.6 is 0 Å². The van der Waals surface area contributed by atoms with E-state index in [2.05, 4.69) is 24.1 Å². The second kappa shape index (κ2) is 7.95. The molecule has 27 heavy (non-hydrogen) atoms. The second-order valence-electron chi connectivity index (χ2n) is 6.39. The van der Waals surface area contributed by atoms with Gasteiger partial charge in [-0.25, -0.2) is 9.78 Å². The molecule has 2 heterocycles. The van der Waals surface area contributed by atoms with Gasteiger partial charge in [-0.15, -0.1) is 0 Å². The summed E-state index contributed by atoms with van der Waals surface area (Å²) >= 11 is 0. The van der Waals surface area contributed by atoms with Gasteiger partial charge in [-0.1, -0.05) is 18.2 Å². The number of imidazole rings is 1. The lowest BCUT2D eigenvalue weighted by atomic mass is 10.2. The predicted octanol–water partition coefficient (Wildman–Crippen LogP) is 4.12. The largest absolute Gasteiger partial charge is 0.497 e. The van der Waals surface area contributed by atoms with E-state index in [0.29, 0.717) is 11.2 Å². The molecular weight excluding hydrogens is 342 g/mol. The minimum absolute atomic E-state index is 0.235. The van der Waals surface area contributed by atoms with E-state index in [0.717, 1.165) is 22.8 Å². The number of carbonyl (C=O) groups excluding carboxylic acids is 1. The van der Waals surface area contributed by atoms with E-state index in [1.807, 2.05) is 47.0 Å². The van der Waals surface area contributed by atoms with Crippen molar-refractivity contribution in [1.29, 1.82) is 0 Å². The Balaban J connectivity index is 2.00. The molecule has 0 fully saturated rings. The number of nitrogens with one attached hydrogen (secondary N) is 1. The lowest BCUT2D eigenvalue weighted by Gasteiger charge is -2.10. The highest BCUT2D eigenvalue weighted by molar-refractivity contribution is 5.90. The third-order valence-electron chi connectivity index (χ3n) is 4.05. The zero-order chi connectivity index (χ0) is 19.4. The summed E-state index contributed by atoms with van der Waals surface area (Å²) in [7, 11) is 3.01. The molecule has 0 spiro atoms. The van der Waals surface area contributed by atoms with Gasteiger partial charge in [0, 0.05) is 12.2 Å². The number of benzene rings is 1. The van der Waals surface area contributed by atoms with Gasteiger partial charge in [0.05, 0.1) is 19.8 Å². The van der Waals surface area contributed by atoms with Crippen molar-refractivity contribution in [3.8, 4) is 5.75 Å². The summed E-state index contributed by atoms with van der Waals surface area (Å²) in [5, 5.41) is 3.43. The highest BCUT2D eigenvalue weighted by Crippen LogP contribution is 2.23. The average Bonchev–Trinajstić information content (AvgIpc) is 3.02. The number of ether oxygens (including phenoxy) is 2. The van der Waals surface area contributed by atoms with Crippen LogP contribution in [0.2, 0.25) is 0 Å². The predicted molar refractivity (Wildman–Crippen MR) is 107 cm³/mol. The summed E-state index contributed by atoms with van der Waals surface area (Å²) in [5.74, 6) is 1.31. The number of hydrogen-bond acceptors (Lipinski definition) is 5. The van der Waals surface area contributed by atoms with E-state index in [9.17, 15) is 4.79 Å². The molecule has 0 atom stereocenters. The summed E-state index contributed by atoms with van der Waals surface area (Å²) in [5.41, 5.74) is 2.98. The Kier molecular flexibility index (Phi) is 5.45. The molecule has 140 valence electrons. The van der Waals surface area contributed by atoms with Gasteiger partial charge >= 0.3 is 5.97 Å². The lowest BCUT2D eigenvalue weighted by molar-refractivity contribution is 0.0600. The van der Waals surface area contributed by atoms with Crippen LogP contribution in [0.25, 0.3) is 17.8 Å². The minimum Gasteiger partial charge on any atom is -0.497 e. The number of fused-ring (bicyclic) bond motifs is 1. The molecule has 3 aromatic rings. The SMILES string of the molecule is COC(=O)c1ccn2c(NC(C)C)c(/C=C/c3ccc(OC)cc3)nc2c1. The summed E-state index contributed by atoms with van der Waals surface area (Å²) in [6, 6.07) is 11.5. The fourth-order valence-electron chi connectivity index (χ4n) is 2.73. The molecule has 1 aromatic carbocycles. The highest BCUT2D eigenvalue weighted by atomic mass is 16.5. The van der Waals surface area contributed by atoms with Crippen molar-refractivity contribution in [2.75, 3.05) is 19.5 Å². The number of hydrogen-bond donors (Lipinski definition) is 1. The van der Waals surface area contributed by atoms with Gasteiger partial charge in [0.1, 0.15) is 22.9 Å². The molecule has 0 saturated carbocycles. The number of rotatable bonds is 6. The van der Waals surface area contributed by atoms with Crippen LogP contribution in [0.5, 0.6) is 5.75 Å². The topological polar surface area (TPSA) is 64.9 Å². The molecule has 1 N–H and O–H groups in total. The Bertz CT molecular complexity index is 972. The van der Waals surface area contributed by atoms with E-state index in [1.165, 1.54) is 7.11 Å². The molecule has 0 aliphatic carbocycles. The van der Waals surface area contributed by atoms with Gasteiger partial charge in [0.2, 0.25) is 0 Å². The molecule has 6 heteroatoms. The Labute approximate surface area is 158 Å². The number of pyridine rings is 1. The summed E-state index contributed by atoms with van der Waals surface area (Å²) in [6.07, 6.45) is 5.77. The van der Waals surface area contributed by atoms with E-state index in [4.69, 9.17) is 9.47 Å².